The molecule has 328 valence electrons. The van der Waals surface area contributed by atoms with Crippen LogP contribution in [0.15, 0.2) is 54.6 Å². The van der Waals surface area contributed by atoms with Crippen LogP contribution in [-0.4, -0.2) is 63.9 Å². The predicted octanol–water partition coefficient (Wildman–Crippen LogP) is 7.51. The van der Waals surface area contributed by atoms with Gasteiger partial charge in [0.05, 0.1) is 18.1 Å². The molecule has 0 saturated heterocycles. The lowest BCUT2D eigenvalue weighted by molar-refractivity contribution is -0.477. The second kappa shape index (κ2) is 19.3. The highest BCUT2D eigenvalue weighted by atomic mass is 17.1. The molecular weight excluding hydrogens is 771 g/mol. The minimum Gasteiger partial charge on any atom is -0.461 e. The first-order valence-corrected chi connectivity index (χ1v) is 22.1. The number of nitrogens with one attached hydrogen (secondary N) is 3. The minimum absolute atomic E-state index is 0.0585. The molecule has 14 heteroatoms. The molecular formula is C46H63N3O11. The van der Waals surface area contributed by atoms with Crippen molar-refractivity contribution in [1.82, 2.24) is 10.8 Å². The first-order chi connectivity index (χ1) is 28.8. The second-order valence-corrected chi connectivity index (χ2v) is 18.7. The number of rotatable bonds is 17. The number of hydroxylamine groups is 1. The molecule has 60 heavy (non-hydrogen) atoms. The Morgan fingerprint density at radius 1 is 0.817 bits per heavy atom. The van der Waals surface area contributed by atoms with Crippen molar-refractivity contribution in [2.24, 2.45) is 35.5 Å². The first kappa shape index (κ1) is 44.0. The van der Waals surface area contributed by atoms with E-state index in [9.17, 15) is 29.5 Å². The summed E-state index contributed by atoms with van der Waals surface area (Å²) in [6, 6.07) is 14.5. The molecule has 5 N–H and O–H groups in total. The zero-order valence-corrected chi connectivity index (χ0v) is 35.1. The van der Waals surface area contributed by atoms with Gasteiger partial charge in [0.25, 0.3) is 5.91 Å². The van der Waals surface area contributed by atoms with Gasteiger partial charge in [0.15, 0.2) is 6.04 Å². The molecule has 0 radical (unpaired) electrons. The standard InChI is InChI=1S/C46H63N3O11/c1-28(2)20-38(41(51)48-39(32-10-5-4-6-11-32)43(53)57-36-12-7-8-13-36)40(50)42(52)49-56-27-29-15-17-35(18-16-29)47-44(54)58-37-14-9-19-45(3,26-37)59-46(60-55)33-22-30-21-31(24-33)25-34(46)23-30/h4-6,10-11,15-18,28,30-31,33-34,36-40,50,55H,7-9,12-14,19-27H2,1-3H3,(H,47,54)(H,48,51)(H,49,52)/t30?,31?,33?,34?,37?,38-,39+,40+,45+,46?/m1/s1. The zero-order chi connectivity index (χ0) is 42.4. The third-order valence-corrected chi connectivity index (χ3v) is 13.6. The molecule has 14 nitrogen and oxygen atoms in total. The van der Waals surface area contributed by atoms with Crippen molar-refractivity contribution in [2.45, 2.75) is 153 Å². The van der Waals surface area contributed by atoms with E-state index in [1.807, 2.05) is 20.8 Å². The van der Waals surface area contributed by atoms with E-state index in [2.05, 4.69) is 16.1 Å². The number of amides is 3. The summed E-state index contributed by atoms with van der Waals surface area (Å²) >= 11 is 0. The quantitative estimate of drug-likeness (QED) is 0.0459. The fourth-order valence-electron chi connectivity index (χ4n) is 10.9. The summed E-state index contributed by atoms with van der Waals surface area (Å²) in [4.78, 5) is 63.8. The Morgan fingerprint density at radius 3 is 2.10 bits per heavy atom. The summed E-state index contributed by atoms with van der Waals surface area (Å²) in [5.74, 6) is -2.63. The van der Waals surface area contributed by atoms with E-state index in [0.29, 0.717) is 41.5 Å². The van der Waals surface area contributed by atoms with Crippen LogP contribution in [0.25, 0.3) is 0 Å². The van der Waals surface area contributed by atoms with Gasteiger partial charge in [-0.3, -0.25) is 19.7 Å². The fourth-order valence-corrected chi connectivity index (χ4v) is 10.9. The molecule has 0 aliphatic heterocycles. The van der Waals surface area contributed by atoms with E-state index in [1.165, 1.54) is 6.42 Å². The Bertz CT molecular complexity index is 1760. The molecule has 0 aromatic heterocycles. The Morgan fingerprint density at radius 2 is 1.47 bits per heavy atom. The van der Waals surface area contributed by atoms with Gasteiger partial charge >= 0.3 is 12.1 Å². The first-order valence-electron chi connectivity index (χ1n) is 22.1. The van der Waals surface area contributed by atoms with Crippen LogP contribution in [0.2, 0.25) is 0 Å². The molecule has 0 spiro atoms. The van der Waals surface area contributed by atoms with Gasteiger partial charge in [-0.1, -0.05) is 56.3 Å². The van der Waals surface area contributed by atoms with Gasteiger partial charge in [0.1, 0.15) is 18.3 Å². The number of carbonyl (C=O) groups excluding carboxylic acids is 4. The predicted molar refractivity (Wildman–Crippen MR) is 219 cm³/mol. The van der Waals surface area contributed by atoms with Gasteiger partial charge in [-0.05, 0) is 131 Å². The Hall–Kier alpha value is -4.08. The number of aliphatic hydroxyl groups is 1. The van der Waals surface area contributed by atoms with Crippen molar-refractivity contribution in [2.75, 3.05) is 5.32 Å². The van der Waals surface area contributed by atoms with Crippen LogP contribution in [-0.2, 0) is 44.9 Å². The summed E-state index contributed by atoms with van der Waals surface area (Å²) in [5.41, 5.74) is 3.36. The third kappa shape index (κ3) is 10.5. The molecule has 5 atom stereocenters. The Kier molecular flexibility index (Phi) is 14.2. The van der Waals surface area contributed by atoms with Crippen molar-refractivity contribution < 1.29 is 53.5 Å². The van der Waals surface area contributed by atoms with Crippen LogP contribution >= 0.6 is 0 Å². The number of hydrogen-bond donors (Lipinski definition) is 5. The lowest BCUT2D eigenvalue weighted by Crippen LogP contribution is -2.63. The highest BCUT2D eigenvalue weighted by molar-refractivity contribution is 5.91. The van der Waals surface area contributed by atoms with Crippen LogP contribution in [0.1, 0.15) is 128 Å². The monoisotopic (exact) mass is 833 g/mol. The van der Waals surface area contributed by atoms with E-state index in [0.717, 1.165) is 64.2 Å². The number of benzene rings is 2. The summed E-state index contributed by atoms with van der Waals surface area (Å²) in [5, 5.41) is 26.9. The average molecular weight is 834 g/mol. The molecule has 6 fully saturated rings. The number of carbonyl (C=O) groups is 4. The Labute approximate surface area is 352 Å². The van der Waals surface area contributed by atoms with Crippen LogP contribution in [0, 0.1) is 35.5 Å². The van der Waals surface area contributed by atoms with Crippen molar-refractivity contribution in [3.05, 3.63) is 65.7 Å². The molecule has 1 unspecified atom stereocenters. The average Bonchev–Trinajstić information content (AvgIpc) is 3.73. The van der Waals surface area contributed by atoms with Crippen molar-refractivity contribution in [3.8, 4) is 0 Å². The molecule has 2 aromatic carbocycles. The molecule has 6 aliphatic rings. The van der Waals surface area contributed by atoms with E-state index < -0.39 is 53.3 Å². The normalized spacial score (nSPS) is 30.0. The number of hydrogen-bond acceptors (Lipinski definition) is 11. The number of anilines is 1. The zero-order valence-electron chi connectivity index (χ0n) is 35.1. The summed E-state index contributed by atoms with van der Waals surface area (Å²) in [6.07, 6.45) is 8.92. The molecule has 6 saturated carbocycles. The van der Waals surface area contributed by atoms with Crippen LogP contribution in [0.3, 0.4) is 0 Å². The maximum absolute atomic E-state index is 13.7. The topological polar surface area (TPSA) is 191 Å². The van der Waals surface area contributed by atoms with Crippen molar-refractivity contribution in [3.63, 3.8) is 0 Å². The molecule has 6 aliphatic carbocycles. The smallest absolute Gasteiger partial charge is 0.411 e. The SMILES string of the molecule is CC(C)C[C@@H](C(=O)N[C@H](C(=O)OC1CCCC1)c1ccccc1)[C@H](O)C(=O)NOCc1ccc(NC(=O)OC2CCC[C@](C)(OC3(OO)C4CC5CC(C4)CC3C5)C2)cc1. The van der Waals surface area contributed by atoms with Crippen molar-refractivity contribution >= 4 is 29.6 Å². The van der Waals surface area contributed by atoms with Gasteiger partial charge in [-0.15, -0.1) is 0 Å². The molecule has 3 amide bonds. The second-order valence-electron chi connectivity index (χ2n) is 18.7. The summed E-state index contributed by atoms with van der Waals surface area (Å²) in [6.45, 7) is 5.72. The minimum atomic E-state index is -1.76. The lowest BCUT2D eigenvalue weighted by Gasteiger charge is -2.60. The van der Waals surface area contributed by atoms with Gasteiger partial charge < -0.3 is 24.6 Å². The maximum atomic E-state index is 13.7. The van der Waals surface area contributed by atoms with Crippen LogP contribution in [0.4, 0.5) is 10.5 Å². The maximum Gasteiger partial charge on any atom is 0.411 e. The number of ether oxygens (including phenoxy) is 3. The lowest BCUT2D eigenvalue weighted by atomic mass is 9.53. The largest absolute Gasteiger partial charge is 0.461 e. The summed E-state index contributed by atoms with van der Waals surface area (Å²) < 4.78 is 18.4. The molecule has 4 bridgehead atoms. The highest BCUT2D eigenvalue weighted by Gasteiger charge is 2.62. The third-order valence-electron chi connectivity index (χ3n) is 13.6. The van der Waals surface area contributed by atoms with E-state index in [1.54, 1.807) is 54.6 Å². The van der Waals surface area contributed by atoms with Gasteiger partial charge in [-0.25, -0.2) is 25.2 Å². The van der Waals surface area contributed by atoms with Gasteiger partial charge in [0.2, 0.25) is 11.7 Å². The number of esters is 1. The van der Waals surface area contributed by atoms with E-state index in [-0.39, 0.29) is 43.0 Å². The molecule has 8 rings (SSSR count). The van der Waals surface area contributed by atoms with E-state index in [4.69, 9.17) is 23.9 Å². The van der Waals surface area contributed by atoms with E-state index >= 15 is 0 Å². The van der Waals surface area contributed by atoms with Gasteiger partial charge in [0, 0.05) is 23.9 Å². The Balaban J connectivity index is 0.872. The van der Waals surface area contributed by atoms with Crippen LogP contribution in [0.5, 0.6) is 0 Å². The van der Waals surface area contributed by atoms with Crippen LogP contribution < -0.4 is 16.1 Å². The van der Waals surface area contributed by atoms with Crippen molar-refractivity contribution in [1.29, 1.82) is 0 Å². The molecule has 0 heterocycles. The summed E-state index contributed by atoms with van der Waals surface area (Å²) in [7, 11) is 0. The highest BCUT2D eigenvalue weighted by Crippen LogP contribution is 2.61. The fraction of sp³-hybridized carbons (Fsp3) is 0.652. The van der Waals surface area contributed by atoms with Gasteiger partial charge in [-0.2, -0.15) is 0 Å². The molecule has 2 aromatic rings. The number of aliphatic hydroxyl groups excluding tert-OH is 1.